The van der Waals surface area contributed by atoms with Crippen molar-refractivity contribution in [3.8, 4) is 79.0 Å². The molecule has 30 heteroatoms. The molecule has 12 aromatic rings. The molecule has 3 fully saturated rings. The molecule has 6 aromatic carbocycles. The number of benzene rings is 6. The highest BCUT2D eigenvalue weighted by atomic mass is 19.3. The molecule has 3 aliphatic rings. The number of likely N-dealkylation sites (tertiary alicyclic amines) is 1. The van der Waals surface area contributed by atoms with Gasteiger partial charge < -0.3 is 52.0 Å². The van der Waals surface area contributed by atoms with Crippen molar-refractivity contribution in [3.05, 3.63) is 217 Å². The number of piperidine rings is 1. The summed E-state index contributed by atoms with van der Waals surface area (Å²) >= 11 is 0. The van der Waals surface area contributed by atoms with E-state index in [0.717, 1.165) is 69.1 Å². The third kappa shape index (κ3) is 18.5. The van der Waals surface area contributed by atoms with Crippen LogP contribution in [0.3, 0.4) is 0 Å². The minimum atomic E-state index is -2.89. The van der Waals surface area contributed by atoms with Gasteiger partial charge in [-0.3, -0.25) is 28.4 Å². The highest BCUT2D eigenvalue weighted by molar-refractivity contribution is 5.80. The van der Waals surface area contributed by atoms with Crippen molar-refractivity contribution in [2.45, 2.75) is 79.0 Å². The van der Waals surface area contributed by atoms with Crippen LogP contribution in [-0.4, -0.2) is 173 Å². The van der Waals surface area contributed by atoms with Crippen LogP contribution < -0.4 is 19.3 Å². The normalized spacial score (nSPS) is 14.0. The van der Waals surface area contributed by atoms with Crippen molar-refractivity contribution in [1.82, 2.24) is 69.4 Å². The number of anilines is 2. The number of nitrogens with zero attached hydrogens (tertiary/aromatic N) is 16. The Morgan fingerprint density at radius 1 is 0.463 bits per heavy atom. The van der Waals surface area contributed by atoms with E-state index >= 15 is 0 Å². The SMILES string of the molecule is COCc1nnc(C2CCN(C(=O)Cn3nc(-c4ccc(F)c(C)c4)cc3-c3ccccc3)CC2)o1.Cc1cnc(N2CCN(C(=O)Cn3nc(-c4ccc(OC(F)F)cc4)cc3-c3ccccc3)CC2)o1.Cc1nnc(N2CCN(C(=O)Cn3nc(-c4ccc(OC(F)F)cc4)cc3-c3ccccc3)CC2)o1. The number of amides is 3. The zero-order valence-electron chi connectivity index (χ0n) is 59.6. The smallest absolute Gasteiger partial charge is 0.387 e. The molecule has 0 N–H and O–H groups in total. The van der Waals surface area contributed by atoms with E-state index in [1.807, 2.05) is 136 Å². The summed E-state index contributed by atoms with van der Waals surface area (Å²) in [7, 11) is 1.58. The molecule has 0 unspecified atom stereocenters. The van der Waals surface area contributed by atoms with Crippen molar-refractivity contribution >= 4 is 29.8 Å². The third-order valence-electron chi connectivity index (χ3n) is 18.5. The van der Waals surface area contributed by atoms with Gasteiger partial charge in [0.1, 0.15) is 49.3 Å². The summed E-state index contributed by atoms with van der Waals surface area (Å²) in [6.45, 7) is 5.95. The molecule has 0 saturated carbocycles. The Hall–Kier alpha value is -12.3. The van der Waals surface area contributed by atoms with Crippen LogP contribution >= 0.6 is 0 Å². The highest BCUT2D eigenvalue weighted by Crippen LogP contribution is 2.34. The van der Waals surface area contributed by atoms with Gasteiger partial charge in [0.05, 0.1) is 40.4 Å². The number of carbonyl (C=O) groups is 3. The number of methoxy groups -OCH3 is 1. The predicted octanol–water partition coefficient (Wildman–Crippen LogP) is 12.9. The first-order valence-corrected chi connectivity index (χ1v) is 35.1. The molecule has 0 radical (unpaired) electrons. The quantitative estimate of drug-likeness (QED) is 0.0606. The Balaban J connectivity index is 0.000000143. The summed E-state index contributed by atoms with van der Waals surface area (Å²) in [6, 6.07) is 53.5. The summed E-state index contributed by atoms with van der Waals surface area (Å²) in [6.07, 6.45) is 3.20. The van der Waals surface area contributed by atoms with E-state index in [-0.39, 0.29) is 67.2 Å². The number of piperazine rings is 2. The lowest BCUT2D eigenvalue weighted by Gasteiger charge is -2.33. The topological polar surface area (TPSA) is 252 Å². The Labute approximate surface area is 617 Å². The van der Waals surface area contributed by atoms with Crippen LogP contribution in [0.4, 0.5) is 34.0 Å². The van der Waals surface area contributed by atoms with Crippen molar-refractivity contribution in [2.24, 2.45) is 0 Å². The summed E-state index contributed by atoms with van der Waals surface area (Å²) in [5.41, 5.74) is 10.00. The van der Waals surface area contributed by atoms with Crippen LogP contribution in [-0.2, 0) is 45.4 Å². The number of aryl methyl sites for hydroxylation is 3. The van der Waals surface area contributed by atoms with E-state index in [4.69, 9.17) is 28.2 Å². The largest absolute Gasteiger partial charge is 0.435 e. The maximum atomic E-state index is 13.8. The second-order valence-corrected chi connectivity index (χ2v) is 25.8. The van der Waals surface area contributed by atoms with Crippen LogP contribution in [0.1, 0.15) is 47.8 Å². The molecule has 25 nitrogen and oxygen atoms in total. The van der Waals surface area contributed by atoms with Gasteiger partial charge in [-0.15, -0.1) is 15.3 Å². The second-order valence-electron chi connectivity index (χ2n) is 25.8. The molecule has 3 saturated heterocycles. The number of ether oxygens (including phenoxy) is 3. The molecule has 3 amide bonds. The van der Waals surface area contributed by atoms with Gasteiger partial charge in [-0.05, 0) is 134 Å². The van der Waals surface area contributed by atoms with Gasteiger partial charge in [0, 0.05) is 102 Å². The Morgan fingerprint density at radius 2 is 0.889 bits per heavy atom. The molecule has 0 atom stereocenters. The lowest BCUT2D eigenvalue weighted by molar-refractivity contribution is -0.133. The van der Waals surface area contributed by atoms with Gasteiger partial charge in [-0.25, -0.2) is 9.37 Å². The first-order valence-electron chi connectivity index (χ1n) is 35.1. The van der Waals surface area contributed by atoms with Gasteiger partial charge in [0.15, 0.2) is 0 Å². The van der Waals surface area contributed by atoms with E-state index < -0.39 is 13.2 Å². The number of hydrogen-bond donors (Lipinski definition) is 0. The van der Waals surface area contributed by atoms with Crippen molar-refractivity contribution in [3.63, 3.8) is 0 Å². The number of oxazole rings is 1. The lowest BCUT2D eigenvalue weighted by Crippen LogP contribution is -2.49. The molecular weight excluding hydrogens is 1400 g/mol. The van der Waals surface area contributed by atoms with Crippen molar-refractivity contribution in [2.75, 3.05) is 82.4 Å². The van der Waals surface area contributed by atoms with Crippen molar-refractivity contribution in [1.29, 1.82) is 0 Å². The van der Waals surface area contributed by atoms with Crippen LogP contribution in [0.5, 0.6) is 11.5 Å². The average Bonchev–Trinajstić information content (AvgIpc) is 1.66. The second kappa shape index (κ2) is 34.3. The van der Waals surface area contributed by atoms with Crippen molar-refractivity contribution < 1.29 is 63.8 Å². The number of alkyl halides is 4. The first-order chi connectivity index (χ1) is 52.4. The van der Waals surface area contributed by atoms with Gasteiger partial charge in [0.2, 0.25) is 35.4 Å². The Kier molecular flexibility index (Phi) is 23.5. The molecule has 6 aromatic heterocycles. The molecule has 0 aliphatic carbocycles. The number of hydrogen-bond acceptors (Lipinski definition) is 19. The standard InChI is InChI=1S/C27H28FN5O3.C26H25F2N5O3.C25H24F2N6O3/c1-18-14-21(8-9-22(18)28)23-15-24(19-6-4-3-5-7-19)33(31-23)16-26(34)32-12-10-20(11-13-32)27-30-29-25(36-27)17-35-2;1-18-16-29-26(35-18)32-13-11-31(12-14-32)24(34)17-33-23(20-5-3-2-4-6-20)15-22(30-33)19-7-9-21(10-8-19)36-25(27)28;1-17-28-29-25(35-17)32-13-11-31(12-14-32)23(34)16-33-22(19-5-3-2-4-6-19)15-21(30-33)18-7-9-20(10-8-18)36-24(26)27/h3-9,14-15,20H,10-13,16-17H2,1-2H3;2-10,15-16,25H,11-14,17H2,1H3;2-10,15,24H,11-14,16H2,1H3. The minimum absolute atomic E-state index is 0.00108. The monoisotopic (exact) mass is 1480 g/mol. The fraction of sp³-hybridized carbons (Fsp3) is 0.295. The Bertz CT molecular complexity index is 4750. The molecule has 558 valence electrons. The van der Waals surface area contributed by atoms with E-state index in [0.29, 0.717) is 118 Å². The Morgan fingerprint density at radius 3 is 1.29 bits per heavy atom. The zero-order valence-corrected chi connectivity index (χ0v) is 59.6. The van der Waals surface area contributed by atoms with E-state index in [1.165, 1.54) is 30.3 Å². The maximum absolute atomic E-state index is 13.8. The molecule has 3 aliphatic heterocycles. The third-order valence-corrected chi connectivity index (χ3v) is 18.5. The number of halogens is 5. The van der Waals surface area contributed by atoms with Gasteiger partial charge in [-0.2, -0.15) is 32.9 Å². The van der Waals surface area contributed by atoms with Crippen LogP contribution in [0.15, 0.2) is 195 Å². The lowest BCUT2D eigenvalue weighted by atomic mass is 9.97. The molecule has 0 spiro atoms. The number of aromatic nitrogens is 11. The van der Waals surface area contributed by atoms with Gasteiger partial charge in [-0.1, -0.05) is 96.1 Å². The fourth-order valence-corrected chi connectivity index (χ4v) is 12.8. The zero-order chi connectivity index (χ0) is 75.2. The van der Waals surface area contributed by atoms with E-state index in [2.05, 4.69) is 40.0 Å². The average molecular weight is 1480 g/mol. The van der Waals surface area contributed by atoms with Crippen LogP contribution in [0.25, 0.3) is 67.5 Å². The predicted molar refractivity (Wildman–Crippen MR) is 389 cm³/mol. The van der Waals surface area contributed by atoms with E-state index in [1.54, 1.807) is 82.5 Å². The fourth-order valence-electron chi connectivity index (χ4n) is 12.8. The van der Waals surface area contributed by atoms with Gasteiger partial charge in [0.25, 0.3) is 6.01 Å². The first kappa shape index (κ1) is 74.0. The number of rotatable bonds is 21. The number of carbonyl (C=O) groups excluding carboxylic acids is 3. The maximum Gasteiger partial charge on any atom is 0.387 e. The van der Waals surface area contributed by atoms with Crippen LogP contribution in [0, 0.1) is 26.6 Å². The summed E-state index contributed by atoms with van der Waals surface area (Å²) < 4.78 is 99.6. The van der Waals surface area contributed by atoms with E-state index in [9.17, 15) is 36.3 Å². The molecule has 0 bridgehead atoms. The molecule has 15 rings (SSSR count). The van der Waals surface area contributed by atoms with Gasteiger partial charge >= 0.3 is 19.2 Å². The molecule has 108 heavy (non-hydrogen) atoms. The molecule has 9 heterocycles. The van der Waals surface area contributed by atoms with Crippen LogP contribution in [0.2, 0.25) is 0 Å². The minimum Gasteiger partial charge on any atom is -0.435 e. The summed E-state index contributed by atoms with van der Waals surface area (Å²) in [4.78, 5) is 53.4. The molecular formula is C78H77F5N16O9. The highest BCUT2D eigenvalue weighted by Gasteiger charge is 2.31. The summed E-state index contributed by atoms with van der Waals surface area (Å²) in [5.74, 6) is 2.26. The summed E-state index contributed by atoms with van der Waals surface area (Å²) in [5, 5.41) is 30.2.